The molecular formula is C13H23N3O4. The standard InChI is InChI=1S/C13H23N3O4/c1-10(17)14-5-6-15-12(18)9-16-7-3-2-4-11(16)8-13(19)20/h11H,2-9H2,1H3,(H,14,17)(H,15,18)(H,19,20). The smallest absolute Gasteiger partial charge is 0.304 e. The van der Waals surface area contributed by atoms with Gasteiger partial charge in [0.15, 0.2) is 0 Å². The molecule has 1 fully saturated rings. The Morgan fingerprint density at radius 1 is 1.20 bits per heavy atom. The summed E-state index contributed by atoms with van der Waals surface area (Å²) in [7, 11) is 0. The molecule has 0 saturated carbocycles. The molecule has 1 aliphatic rings. The molecule has 114 valence electrons. The number of hydrogen-bond donors (Lipinski definition) is 3. The highest BCUT2D eigenvalue weighted by Gasteiger charge is 2.25. The molecule has 1 saturated heterocycles. The first-order valence-electron chi connectivity index (χ1n) is 6.96. The van der Waals surface area contributed by atoms with Crippen molar-refractivity contribution in [1.82, 2.24) is 15.5 Å². The van der Waals surface area contributed by atoms with Crippen LogP contribution >= 0.6 is 0 Å². The van der Waals surface area contributed by atoms with E-state index in [9.17, 15) is 14.4 Å². The fourth-order valence-electron chi connectivity index (χ4n) is 2.38. The van der Waals surface area contributed by atoms with Gasteiger partial charge in [0.2, 0.25) is 11.8 Å². The number of carbonyl (C=O) groups is 3. The highest BCUT2D eigenvalue weighted by Crippen LogP contribution is 2.19. The van der Waals surface area contributed by atoms with Gasteiger partial charge in [0.05, 0.1) is 13.0 Å². The van der Waals surface area contributed by atoms with Gasteiger partial charge in [-0.25, -0.2) is 0 Å². The van der Waals surface area contributed by atoms with Crippen LogP contribution < -0.4 is 10.6 Å². The fraction of sp³-hybridized carbons (Fsp3) is 0.769. The minimum atomic E-state index is -0.826. The molecule has 20 heavy (non-hydrogen) atoms. The average molecular weight is 285 g/mol. The van der Waals surface area contributed by atoms with Crippen molar-refractivity contribution >= 4 is 17.8 Å². The van der Waals surface area contributed by atoms with Gasteiger partial charge in [-0.05, 0) is 19.4 Å². The predicted molar refractivity (Wildman–Crippen MR) is 73.2 cm³/mol. The molecule has 0 aromatic carbocycles. The predicted octanol–water partition coefficient (Wildman–Crippen LogP) is -0.432. The van der Waals surface area contributed by atoms with Gasteiger partial charge < -0.3 is 15.7 Å². The largest absolute Gasteiger partial charge is 0.481 e. The van der Waals surface area contributed by atoms with E-state index in [0.717, 1.165) is 25.8 Å². The van der Waals surface area contributed by atoms with Crippen molar-refractivity contribution in [2.24, 2.45) is 0 Å². The van der Waals surface area contributed by atoms with Gasteiger partial charge in [0, 0.05) is 26.1 Å². The molecule has 7 heteroatoms. The lowest BCUT2D eigenvalue weighted by Gasteiger charge is -2.34. The van der Waals surface area contributed by atoms with Gasteiger partial charge in [-0.3, -0.25) is 19.3 Å². The number of aliphatic carboxylic acids is 1. The molecule has 3 N–H and O–H groups in total. The molecule has 0 aromatic rings. The highest BCUT2D eigenvalue weighted by molar-refractivity contribution is 5.78. The second-order valence-corrected chi connectivity index (χ2v) is 5.05. The number of nitrogens with one attached hydrogen (secondary N) is 2. The van der Waals surface area contributed by atoms with Crippen molar-refractivity contribution in [2.45, 2.75) is 38.6 Å². The second-order valence-electron chi connectivity index (χ2n) is 5.05. The quantitative estimate of drug-likeness (QED) is 0.551. The van der Waals surface area contributed by atoms with Crippen LogP contribution in [0.3, 0.4) is 0 Å². The maximum atomic E-state index is 11.8. The zero-order valence-electron chi connectivity index (χ0n) is 11.9. The Bertz CT molecular complexity index is 360. The molecule has 1 atom stereocenters. The van der Waals surface area contributed by atoms with Crippen LogP contribution in [0.15, 0.2) is 0 Å². The minimum Gasteiger partial charge on any atom is -0.481 e. The van der Waals surface area contributed by atoms with Crippen LogP contribution in [0.1, 0.15) is 32.6 Å². The number of likely N-dealkylation sites (tertiary alicyclic amines) is 1. The van der Waals surface area contributed by atoms with Crippen LogP contribution in [0.2, 0.25) is 0 Å². The number of nitrogens with zero attached hydrogens (tertiary/aromatic N) is 1. The Hall–Kier alpha value is -1.63. The Morgan fingerprint density at radius 2 is 1.90 bits per heavy atom. The SMILES string of the molecule is CC(=O)NCCNC(=O)CN1CCCCC1CC(=O)O. The Labute approximate surface area is 118 Å². The van der Waals surface area contributed by atoms with E-state index in [2.05, 4.69) is 10.6 Å². The highest BCUT2D eigenvalue weighted by atomic mass is 16.4. The van der Waals surface area contributed by atoms with Crippen molar-refractivity contribution in [3.05, 3.63) is 0 Å². The van der Waals surface area contributed by atoms with Gasteiger partial charge in [0.25, 0.3) is 0 Å². The van der Waals surface area contributed by atoms with E-state index in [1.165, 1.54) is 6.92 Å². The van der Waals surface area contributed by atoms with E-state index in [-0.39, 0.29) is 30.8 Å². The summed E-state index contributed by atoms with van der Waals surface area (Å²) in [5, 5.41) is 14.2. The summed E-state index contributed by atoms with van der Waals surface area (Å²) >= 11 is 0. The summed E-state index contributed by atoms with van der Waals surface area (Å²) < 4.78 is 0. The average Bonchev–Trinajstić information content (AvgIpc) is 2.36. The summed E-state index contributed by atoms with van der Waals surface area (Å²) in [6, 6.07) is -0.0534. The molecule has 0 aliphatic carbocycles. The van der Waals surface area contributed by atoms with Crippen LogP contribution in [0, 0.1) is 0 Å². The maximum absolute atomic E-state index is 11.8. The topological polar surface area (TPSA) is 98.7 Å². The van der Waals surface area contributed by atoms with Gasteiger partial charge in [-0.1, -0.05) is 6.42 Å². The first-order chi connectivity index (χ1) is 9.49. The van der Waals surface area contributed by atoms with E-state index in [1.54, 1.807) is 0 Å². The van der Waals surface area contributed by atoms with E-state index in [1.807, 2.05) is 4.90 Å². The van der Waals surface area contributed by atoms with E-state index < -0.39 is 5.97 Å². The molecule has 1 aliphatic heterocycles. The molecule has 7 nitrogen and oxygen atoms in total. The zero-order chi connectivity index (χ0) is 15.0. The molecule has 1 heterocycles. The summed E-state index contributed by atoms with van der Waals surface area (Å²) in [6.45, 7) is 3.19. The summed E-state index contributed by atoms with van der Waals surface area (Å²) in [5.41, 5.74) is 0. The molecule has 0 bridgehead atoms. The van der Waals surface area contributed by atoms with Gasteiger partial charge in [-0.2, -0.15) is 0 Å². The van der Waals surface area contributed by atoms with Crippen LogP contribution in [0.25, 0.3) is 0 Å². The third-order valence-electron chi connectivity index (χ3n) is 3.33. The summed E-state index contributed by atoms with van der Waals surface area (Å²) in [4.78, 5) is 35.2. The zero-order valence-corrected chi connectivity index (χ0v) is 11.9. The van der Waals surface area contributed by atoms with Crippen molar-refractivity contribution < 1.29 is 19.5 Å². The number of rotatable bonds is 7. The van der Waals surface area contributed by atoms with Crippen molar-refractivity contribution in [3.8, 4) is 0 Å². The molecule has 0 aromatic heterocycles. The Morgan fingerprint density at radius 3 is 2.55 bits per heavy atom. The van der Waals surface area contributed by atoms with E-state index in [4.69, 9.17) is 5.11 Å². The van der Waals surface area contributed by atoms with Gasteiger partial charge >= 0.3 is 5.97 Å². The van der Waals surface area contributed by atoms with Crippen LogP contribution in [0.5, 0.6) is 0 Å². The van der Waals surface area contributed by atoms with Gasteiger partial charge in [0.1, 0.15) is 0 Å². The fourth-order valence-corrected chi connectivity index (χ4v) is 2.38. The van der Waals surface area contributed by atoms with Crippen LogP contribution in [-0.2, 0) is 14.4 Å². The third-order valence-corrected chi connectivity index (χ3v) is 3.33. The summed E-state index contributed by atoms with van der Waals surface area (Å²) in [6.07, 6.45) is 2.92. The number of carboxylic acids is 1. The first-order valence-corrected chi connectivity index (χ1v) is 6.96. The number of carboxylic acid groups (broad SMARTS) is 1. The molecule has 0 spiro atoms. The van der Waals surface area contributed by atoms with Crippen molar-refractivity contribution in [2.75, 3.05) is 26.2 Å². The Balaban J connectivity index is 2.30. The van der Waals surface area contributed by atoms with Crippen LogP contribution in [-0.4, -0.2) is 60.0 Å². The van der Waals surface area contributed by atoms with Crippen molar-refractivity contribution in [3.63, 3.8) is 0 Å². The Kier molecular flexibility index (Phi) is 7.00. The minimum absolute atomic E-state index is 0.0534. The third kappa shape index (κ3) is 6.51. The van der Waals surface area contributed by atoms with Crippen LogP contribution in [0.4, 0.5) is 0 Å². The first kappa shape index (κ1) is 16.4. The lowest BCUT2D eigenvalue weighted by atomic mass is 9.99. The number of piperidine rings is 1. The monoisotopic (exact) mass is 285 g/mol. The molecule has 0 radical (unpaired) electrons. The number of carbonyl (C=O) groups excluding carboxylic acids is 2. The molecular weight excluding hydrogens is 262 g/mol. The van der Waals surface area contributed by atoms with Gasteiger partial charge in [-0.15, -0.1) is 0 Å². The van der Waals surface area contributed by atoms with Crippen molar-refractivity contribution in [1.29, 1.82) is 0 Å². The maximum Gasteiger partial charge on any atom is 0.304 e. The molecule has 1 unspecified atom stereocenters. The molecule has 2 amide bonds. The summed E-state index contributed by atoms with van der Waals surface area (Å²) in [5.74, 6) is -1.09. The number of hydrogen-bond acceptors (Lipinski definition) is 4. The normalized spacial score (nSPS) is 19.4. The van der Waals surface area contributed by atoms with E-state index >= 15 is 0 Å². The molecule has 1 rings (SSSR count). The van der Waals surface area contributed by atoms with E-state index in [0.29, 0.717) is 13.1 Å². The number of amides is 2. The lowest BCUT2D eigenvalue weighted by Crippen LogP contribution is -2.47. The second kappa shape index (κ2) is 8.52. The lowest BCUT2D eigenvalue weighted by molar-refractivity contribution is -0.139.